The average Bonchev–Trinajstić information content (AvgIpc) is 2.31. The largest absolute Gasteiger partial charge is 0.367 e. The van der Waals surface area contributed by atoms with E-state index in [1.54, 1.807) is 0 Å². The lowest BCUT2D eigenvalue weighted by Crippen LogP contribution is -2.25. The molecule has 0 unspecified atom stereocenters. The molecule has 0 bridgehead atoms. The zero-order valence-electron chi connectivity index (χ0n) is 8.57. The van der Waals surface area contributed by atoms with Gasteiger partial charge in [-0.1, -0.05) is 6.07 Å². The van der Waals surface area contributed by atoms with Crippen molar-refractivity contribution in [2.45, 2.75) is 18.9 Å². The quantitative estimate of drug-likeness (QED) is 0.538. The van der Waals surface area contributed by atoms with E-state index in [1.165, 1.54) is 24.3 Å². The number of nitrogens with two attached hydrogens (primary N) is 1. The monoisotopic (exact) mass is 224 g/mol. The second-order valence-corrected chi connectivity index (χ2v) is 4.81. The van der Waals surface area contributed by atoms with Gasteiger partial charge in [0.1, 0.15) is 11.6 Å². The van der Waals surface area contributed by atoms with Crippen LogP contribution in [0.15, 0.2) is 18.2 Å². The predicted molar refractivity (Wildman–Crippen MR) is 66.0 cm³/mol. The number of hydrogen-bond acceptors (Lipinski definition) is 5. The molecule has 1 aliphatic heterocycles. The summed E-state index contributed by atoms with van der Waals surface area (Å²) >= 11 is 2.02. The van der Waals surface area contributed by atoms with Gasteiger partial charge in [-0.3, -0.25) is 0 Å². The smallest absolute Gasteiger partial charge is 0.142 e. The lowest BCUT2D eigenvalue weighted by molar-refractivity contribution is 0.664. The van der Waals surface area contributed by atoms with Gasteiger partial charge in [0.05, 0.1) is 0 Å². The van der Waals surface area contributed by atoms with Crippen LogP contribution < -0.4 is 16.6 Å². The Balaban J connectivity index is 1.96. The Labute approximate surface area is 94.0 Å². The summed E-state index contributed by atoms with van der Waals surface area (Å²) in [5.41, 5.74) is 2.55. The Kier molecular flexibility index (Phi) is 3.69. The zero-order valence-corrected chi connectivity index (χ0v) is 9.39. The van der Waals surface area contributed by atoms with Crippen molar-refractivity contribution < 1.29 is 0 Å². The van der Waals surface area contributed by atoms with Gasteiger partial charge in [0.25, 0.3) is 0 Å². The number of anilines is 2. The minimum atomic E-state index is 0.562. The highest BCUT2D eigenvalue weighted by molar-refractivity contribution is 7.99. The van der Waals surface area contributed by atoms with E-state index in [-0.39, 0.29) is 0 Å². The highest BCUT2D eigenvalue weighted by Crippen LogP contribution is 2.20. The summed E-state index contributed by atoms with van der Waals surface area (Å²) in [6.45, 7) is 0. The van der Waals surface area contributed by atoms with Crippen LogP contribution in [0.4, 0.5) is 11.6 Å². The van der Waals surface area contributed by atoms with E-state index < -0.39 is 0 Å². The van der Waals surface area contributed by atoms with Crippen LogP contribution in [0.1, 0.15) is 12.8 Å². The maximum Gasteiger partial charge on any atom is 0.142 e. The summed E-state index contributed by atoms with van der Waals surface area (Å²) in [4.78, 5) is 4.33. The van der Waals surface area contributed by atoms with Crippen molar-refractivity contribution >= 4 is 23.4 Å². The second-order valence-electron chi connectivity index (χ2n) is 3.58. The summed E-state index contributed by atoms with van der Waals surface area (Å²) in [6, 6.07) is 6.33. The minimum Gasteiger partial charge on any atom is -0.367 e. The molecule has 1 aromatic heterocycles. The van der Waals surface area contributed by atoms with Gasteiger partial charge in [0.2, 0.25) is 0 Å². The lowest BCUT2D eigenvalue weighted by Gasteiger charge is -2.23. The number of hydrogen-bond donors (Lipinski definition) is 3. The molecule has 2 rings (SSSR count). The first-order valence-electron chi connectivity index (χ1n) is 5.16. The number of pyridine rings is 1. The van der Waals surface area contributed by atoms with Crippen molar-refractivity contribution in [2.75, 3.05) is 22.2 Å². The first-order valence-corrected chi connectivity index (χ1v) is 6.32. The molecule has 1 fully saturated rings. The van der Waals surface area contributed by atoms with Gasteiger partial charge in [0, 0.05) is 6.04 Å². The van der Waals surface area contributed by atoms with Crippen LogP contribution in [0.5, 0.6) is 0 Å². The maximum atomic E-state index is 5.31. The van der Waals surface area contributed by atoms with E-state index in [0.29, 0.717) is 11.9 Å². The van der Waals surface area contributed by atoms with Crippen molar-refractivity contribution in [1.82, 2.24) is 4.98 Å². The molecular weight excluding hydrogens is 208 g/mol. The number of thioether (sulfide) groups is 1. The first kappa shape index (κ1) is 10.6. The van der Waals surface area contributed by atoms with Crippen molar-refractivity contribution in [1.29, 1.82) is 0 Å². The molecule has 2 heterocycles. The minimum absolute atomic E-state index is 0.562. The van der Waals surface area contributed by atoms with Crippen LogP contribution >= 0.6 is 11.8 Å². The molecule has 15 heavy (non-hydrogen) atoms. The molecule has 1 aliphatic rings. The van der Waals surface area contributed by atoms with E-state index in [0.717, 1.165) is 5.82 Å². The topological polar surface area (TPSA) is 63.0 Å². The van der Waals surface area contributed by atoms with Gasteiger partial charge in [-0.2, -0.15) is 11.8 Å². The van der Waals surface area contributed by atoms with Crippen LogP contribution in [0, 0.1) is 0 Å². The molecule has 0 atom stereocenters. The van der Waals surface area contributed by atoms with Gasteiger partial charge in [0.15, 0.2) is 0 Å². The van der Waals surface area contributed by atoms with Crippen LogP contribution in [0.25, 0.3) is 0 Å². The normalized spacial score (nSPS) is 17.4. The van der Waals surface area contributed by atoms with Crippen molar-refractivity contribution in [2.24, 2.45) is 5.84 Å². The van der Waals surface area contributed by atoms with Gasteiger partial charge in [-0.15, -0.1) is 0 Å². The number of aromatic nitrogens is 1. The predicted octanol–water partition coefficient (Wildman–Crippen LogP) is 1.67. The molecule has 4 nitrogen and oxygen atoms in total. The van der Waals surface area contributed by atoms with Crippen molar-refractivity contribution in [3.63, 3.8) is 0 Å². The van der Waals surface area contributed by atoms with E-state index in [9.17, 15) is 0 Å². The molecule has 0 aromatic carbocycles. The Hall–Kier alpha value is -0.940. The zero-order chi connectivity index (χ0) is 10.5. The Morgan fingerprint density at radius 2 is 2.00 bits per heavy atom. The maximum absolute atomic E-state index is 5.31. The molecule has 5 heteroatoms. The number of nitrogens with one attached hydrogen (secondary N) is 2. The Morgan fingerprint density at radius 1 is 1.27 bits per heavy atom. The third-order valence-electron chi connectivity index (χ3n) is 2.47. The fourth-order valence-corrected chi connectivity index (χ4v) is 2.75. The van der Waals surface area contributed by atoms with E-state index >= 15 is 0 Å². The summed E-state index contributed by atoms with van der Waals surface area (Å²) < 4.78 is 0. The Bertz CT molecular complexity index is 312. The highest BCUT2D eigenvalue weighted by Gasteiger charge is 2.13. The number of hydrazine groups is 1. The van der Waals surface area contributed by atoms with Crippen molar-refractivity contribution in [3.8, 4) is 0 Å². The van der Waals surface area contributed by atoms with Gasteiger partial charge in [-0.05, 0) is 36.5 Å². The molecule has 0 saturated carbocycles. The van der Waals surface area contributed by atoms with E-state index in [2.05, 4.69) is 15.7 Å². The second kappa shape index (κ2) is 5.23. The van der Waals surface area contributed by atoms with E-state index in [1.807, 2.05) is 30.0 Å². The first-order chi connectivity index (χ1) is 7.38. The van der Waals surface area contributed by atoms with E-state index in [4.69, 9.17) is 5.84 Å². The fourth-order valence-electron chi connectivity index (χ4n) is 1.65. The summed E-state index contributed by atoms with van der Waals surface area (Å²) in [7, 11) is 0. The number of nitrogens with zero attached hydrogens (tertiary/aromatic N) is 1. The molecule has 0 aliphatic carbocycles. The average molecular weight is 224 g/mol. The van der Waals surface area contributed by atoms with Crippen LogP contribution in [0.2, 0.25) is 0 Å². The third-order valence-corrected chi connectivity index (χ3v) is 3.52. The number of rotatable bonds is 3. The molecular formula is C10H16N4S. The van der Waals surface area contributed by atoms with Crippen LogP contribution in [0.3, 0.4) is 0 Å². The van der Waals surface area contributed by atoms with Crippen LogP contribution in [-0.4, -0.2) is 22.5 Å². The van der Waals surface area contributed by atoms with Gasteiger partial charge < -0.3 is 10.7 Å². The Morgan fingerprint density at radius 3 is 2.73 bits per heavy atom. The lowest BCUT2D eigenvalue weighted by atomic mass is 10.1. The molecule has 1 aromatic rings. The molecule has 0 spiro atoms. The van der Waals surface area contributed by atoms with Gasteiger partial charge >= 0.3 is 0 Å². The molecule has 4 N–H and O–H groups in total. The summed E-state index contributed by atoms with van der Waals surface area (Å²) in [5, 5.41) is 3.44. The van der Waals surface area contributed by atoms with Crippen LogP contribution in [-0.2, 0) is 0 Å². The molecule has 1 saturated heterocycles. The summed E-state index contributed by atoms with van der Waals surface area (Å²) in [6.07, 6.45) is 2.43. The van der Waals surface area contributed by atoms with Gasteiger partial charge in [-0.25, -0.2) is 10.8 Å². The standard InChI is InChI=1S/C10H16N4S/c11-14-10-3-1-2-9(13-10)12-8-4-6-15-7-5-8/h1-3,8H,4-7,11H2,(H2,12,13,14). The molecule has 82 valence electrons. The fraction of sp³-hybridized carbons (Fsp3) is 0.500. The van der Waals surface area contributed by atoms with Crippen molar-refractivity contribution in [3.05, 3.63) is 18.2 Å². The third kappa shape index (κ3) is 3.00. The summed E-state index contributed by atoms with van der Waals surface area (Å²) in [5.74, 6) is 9.40. The molecule has 0 radical (unpaired) electrons. The highest BCUT2D eigenvalue weighted by atomic mass is 32.2. The molecule has 0 amide bonds. The SMILES string of the molecule is NNc1cccc(NC2CCSCC2)n1. The number of nitrogen functional groups attached to an aromatic ring is 1.